The van der Waals surface area contributed by atoms with Crippen molar-refractivity contribution in [1.82, 2.24) is 10.3 Å². The lowest BCUT2D eigenvalue weighted by Gasteiger charge is -2.26. The van der Waals surface area contributed by atoms with Gasteiger partial charge in [0, 0.05) is 17.5 Å². The Balaban J connectivity index is 1.81. The Bertz CT molecular complexity index is 343. The molecule has 0 amide bonds. The lowest BCUT2D eigenvalue weighted by molar-refractivity contribution is 0.116. The highest BCUT2D eigenvalue weighted by Gasteiger charge is 2.19. The number of nitrogens with one attached hydrogen (secondary N) is 1. The molecule has 0 atom stereocenters. The second-order valence-electron chi connectivity index (χ2n) is 4.63. The molecule has 1 saturated carbocycles. The summed E-state index contributed by atoms with van der Waals surface area (Å²) >= 11 is 1.78. The quantitative estimate of drug-likeness (QED) is 0.851. The van der Waals surface area contributed by atoms with Crippen molar-refractivity contribution < 1.29 is 5.11 Å². The number of aryl methyl sites for hydroxylation is 2. The number of aromatic nitrogens is 1. The lowest BCUT2D eigenvalue weighted by atomic mass is 9.93. The highest BCUT2D eigenvalue weighted by molar-refractivity contribution is 7.11. The first-order valence-electron chi connectivity index (χ1n) is 5.99. The van der Waals surface area contributed by atoms with E-state index in [1.54, 1.807) is 11.3 Å². The largest absolute Gasteiger partial charge is 0.393 e. The van der Waals surface area contributed by atoms with E-state index in [-0.39, 0.29) is 6.10 Å². The fraction of sp³-hybridized carbons (Fsp3) is 0.750. The van der Waals surface area contributed by atoms with Crippen LogP contribution in [0.1, 0.15) is 41.3 Å². The van der Waals surface area contributed by atoms with Crippen molar-refractivity contribution >= 4 is 11.3 Å². The van der Waals surface area contributed by atoms with Crippen LogP contribution in [0.15, 0.2) is 0 Å². The number of aliphatic hydroxyl groups is 1. The molecule has 0 unspecified atom stereocenters. The van der Waals surface area contributed by atoms with Crippen molar-refractivity contribution in [1.29, 1.82) is 0 Å². The zero-order valence-corrected chi connectivity index (χ0v) is 10.8. The molecule has 16 heavy (non-hydrogen) atoms. The molecule has 1 aromatic heterocycles. The van der Waals surface area contributed by atoms with E-state index in [1.807, 2.05) is 0 Å². The van der Waals surface area contributed by atoms with Crippen LogP contribution in [0.25, 0.3) is 0 Å². The molecule has 0 aliphatic heterocycles. The average molecular weight is 240 g/mol. The van der Waals surface area contributed by atoms with Gasteiger partial charge in [0.1, 0.15) is 0 Å². The minimum Gasteiger partial charge on any atom is -0.393 e. The summed E-state index contributed by atoms with van der Waals surface area (Å²) in [6.07, 6.45) is 4.01. The standard InChI is InChI=1S/C12H20N2OS/c1-8-12(16-9(2)14-8)7-13-10-3-5-11(15)6-4-10/h10-11,13,15H,3-7H2,1-2H3. The third kappa shape index (κ3) is 3.03. The second kappa shape index (κ2) is 5.25. The Labute approximate surface area is 101 Å². The molecule has 1 aromatic rings. The van der Waals surface area contributed by atoms with Crippen LogP contribution in [0.4, 0.5) is 0 Å². The van der Waals surface area contributed by atoms with E-state index >= 15 is 0 Å². The Morgan fingerprint density at radius 1 is 1.31 bits per heavy atom. The molecule has 0 saturated heterocycles. The number of nitrogens with zero attached hydrogens (tertiary/aromatic N) is 1. The second-order valence-corrected chi connectivity index (χ2v) is 5.92. The van der Waals surface area contributed by atoms with E-state index in [0.717, 1.165) is 42.9 Å². The van der Waals surface area contributed by atoms with Crippen molar-refractivity contribution in [2.45, 2.75) is 58.2 Å². The highest BCUT2D eigenvalue weighted by Crippen LogP contribution is 2.21. The van der Waals surface area contributed by atoms with E-state index in [4.69, 9.17) is 0 Å². The van der Waals surface area contributed by atoms with Crippen molar-refractivity contribution in [3.05, 3.63) is 15.6 Å². The van der Waals surface area contributed by atoms with Crippen molar-refractivity contribution in [2.75, 3.05) is 0 Å². The first-order chi connectivity index (χ1) is 7.65. The van der Waals surface area contributed by atoms with Crippen LogP contribution in [0.3, 0.4) is 0 Å². The molecule has 0 bridgehead atoms. The summed E-state index contributed by atoms with van der Waals surface area (Å²) in [6, 6.07) is 0.574. The fourth-order valence-corrected chi connectivity index (χ4v) is 3.14. The van der Waals surface area contributed by atoms with Crippen LogP contribution in [0.5, 0.6) is 0 Å². The van der Waals surface area contributed by atoms with Gasteiger partial charge in [0.05, 0.1) is 16.8 Å². The monoisotopic (exact) mass is 240 g/mol. The Kier molecular flexibility index (Phi) is 3.95. The normalized spacial score (nSPS) is 25.9. The highest BCUT2D eigenvalue weighted by atomic mass is 32.1. The maximum Gasteiger partial charge on any atom is 0.0900 e. The van der Waals surface area contributed by atoms with Crippen molar-refractivity contribution in [2.24, 2.45) is 0 Å². The molecule has 3 nitrogen and oxygen atoms in total. The number of hydrogen-bond donors (Lipinski definition) is 2. The number of hydrogen-bond acceptors (Lipinski definition) is 4. The van der Waals surface area contributed by atoms with Crippen LogP contribution in [0, 0.1) is 13.8 Å². The summed E-state index contributed by atoms with van der Waals surface area (Å²) in [5.74, 6) is 0. The van der Waals surface area contributed by atoms with E-state index in [0.29, 0.717) is 6.04 Å². The van der Waals surface area contributed by atoms with Crippen molar-refractivity contribution in [3.63, 3.8) is 0 Å². The Hall–Kier alpha value is -0.450. The van der Waals surface area contributed by atoms with Crippen molar-refractivity contribution in [3.8, 4) is 0 Å². The zero-order chi connectivity index (χ0) is 11.5. The van der Waals surface area contributed by atoms with Gasteiger partial charge in [0.15, 0.2) is 0 Å². The first-order valence-corrected chi connectivity index (χ1v) is 6.81. The van der Waals surface area contributed by atoms with E-state index in [2.05, 4.69) is 24.1 Å². The topological polar surface area (TPSA) is 45.2 Å². The molecule has 0 aromatic carbocycles. The van der Waals surface area contributed by atoms with Crippen LogP contribution < -0.4 is 5.32 Å². The van der Waals surface area contributed by atoms with Crippen LogP contribution in [-0.4, -0.2) is 22.2 Å². The predicted octanol–water partition coefficient (Wildman–Crippen LogP) is 2.15. The van der Waals surface area contributed by atoms with E-state index in [1.165, 1.54) is 4.88 Å². The minimum absolute atomic E-state index is 0.0644. The molecule has 1 fully saturated rings. The van der Waals surface area contributed by atoms with Gasteiger partial charge in [0.2, 0.25) is 0 Å². The summed E-state index contributed by atoms with van der Waals surface area (Å²) < 4.78 is 0. The lowest BCUT2D eigenvalue weighted by Crippen LogP contribution is -2.34. The summed E-state index contributed by atoms with van der Waals surface area (Å²) in [4.78, 5) is 5.78. The molecule has 0 spiro atoms. The average Bonchev–Trinajstić information content (AvgIpc) is 2.57. The summed E-state index contributed by atoms with van der Waals surface area (Å²) in [7, 11) is 0. The molecular weight excluding hydrogens is 220 g/mol. The third-order valence-electron chi connectivity index (χ3n) is 3.25. The molecule has 1 aliphatic carbocycles. The SMILES string of the molecule is Cc1nc(C)c(CNC2CCC(O)CC2)s1. The smallest absolute Gasteiger partial charge is 0.0900 e. The van der Waals surface area contributed by atoms with Crippen LogP contribution >= 0.6 is 11.3 Å². The van der Waals surface area contributed by atoms with Crippen LogP contribution in [0.2, 0.25) is 0 Å². The van der Waals surface area contributed by atoms with E-state index in [9.17, 15) is 5.11 Å². The van der Waals surface area contributed by atoms with Gasteiger partial charge in [-0.15, -0.1) is 11.3 Å². The van der Waals surface area contributed by atoms with Gasteiger partial charge in [-0.1, -0.05) is 0 Å². The van der Waals surface area contributed by atoms with Gasteiger partial charge in [0.25, 0.3) is 0 Å². The number of rotatable bonds is 3. The molecule has 0 radical (unpaired) electrons. The third-order valence-corrected chi connectivity index (χ3v) is 4.32. The zero-order valence-electron chi connectivity index (χ0n) is 9.99. The summed E-state index contributed by atoms with van der Waals surface area (Å²) in [6.45, 7) is 5.06. The van der Waals surface area contributed by atoms with Gasteiger partial charge in [-0.05, 0) is 39.5 Å². The summed E-state index contributed by atoms with van der Waals surface area (Å²) in [5.41, 5.74) is 1.16. The van der Waals surface area contributed by atoms with Gasteiger partial charge >= 0.3 is 0 Å². The van der Waals surface area contributed by atoms with Gasteiger partial charge in [-0.2, -0.15) is 0 Å². The molecule has 2 N–H and O–H groups in total. The van der Waals surface area contributed by atoms with Crippen LogP contribution in [-0.2, 0) is 6.54 Å². The molecule has 1 heterocycles. The predicted molar refractivity (Wildman–Crippen MR) is 66.7 cm³/mol. The minimum atomic E-state index is -0.0644. The van der Waals surface area contributed by atoms with Gasteiger partial charge in [-0.3, -0.25) is 0 Å². The maximum absolute atomic E-state index is 9.42. The molecule has 90 valence electrons. The molecular formula is C12H20N2OS. The first kappa shape index (κ1) is 12.0. The fourth-order valence-electron chi connectivity index (χ4n) is 2.25. The van der Waals surface area contributed by atoms with Gasteiger partial charge in [-0.25, -0.2) is 4.98 Å². The number of aliphatic hydroxyl groups excluding tert-OH is 1. The number of thiazole rings is 1. The Morgan fingerprint density at radius 3 is 2.56 bits per heavy atom. The van der Waals surface area contributed by atoms with E-state index < -0.39 is 0 Å². The maximum atomic E-state index is 9.42. The molecule has 4 heteroatoms. The van der Waals surface area contributed by atoms with Gasteiger partial charge < -0.3 is 10.4 Å². The Morgan fingerprint density at radius 2 is 2.00 bits per heavy atom. The molecule has 2 rings (SSSR count). The summed E-state index contributed by atoms with van der Waals surface area (Å²) in [5, 5.41) is 14.1. The molecule has 1 aliphatic rings.